The van der Waals surface area contributed by atoms with Gasteiger partial charge >= 0.3 is 0 Å². The second-order valence-corrected chi connectivity index (χ2v) is 11.4. The van der Waals surface area contributed by atoms with Gasteiger partial charge in [-0.2, -0.15) is 0 Å². The third-order valence-corrected chi connectivity index (χ3v) is 8.72. The molecule has 2 aliphatic rings. The lowest BCUT2D eigenvalue weighted by Gasteiger charge is -2.39. The molecule has 0 amide bonds. The summed E-state index contributed by atoms with van der Waals surface area (Å²) in [6, 6.07) is 0. The zero-order valence-electron chi connectivity index (χ0n) is 11.6. The van der Waals surface area contributed by atoms with E-state index in [1.165, 1.54) is 0 Å². The van der Waals surface area contributed by atoms with Crippen molar-refractivity contribution >= 4 is 8.32 Å². The molecule has 0 unspecified atom stereocenters. The van der Waals surface area contributed by atoms with Gasteiger partial charge in [-0.15, -0.1) is 0 Å². The molecule has 0 aliphatic carbocycles. The first-order valence-corrected chi connectivity index (χ1v) is 9.22. The van der Waals surface area contributed by atoms with Crippen LogP contribution in [0.2, 0.25) is 18.1 Å². The van der Waals surface area contributed by atoms with E-state index < -0.39 is 8.32 Å². The van der Waals surface area contributed by atoms with Crippen molar-refractivity contribution in [3.05, 3.63) is 12.2 Å². The lowest BCUT2D eigenvalue weighted by atomic mass is 10.1. The van der Waals surface area contributed by atoms with Crippen LogP contribution in [0.4, 0.5) is 0 Å². The van der Waals surface area contributed by atoms with Crippen molar-refractivity contribution in [3.63, 3.8) is 0 Å². The van der Waals surface area contributed by atoms with Gasteiger partial charge in [0, 0.05) is 0 Å². The van der Waals surface area contributed by atoms with Gasteiger partial charge in [0.2, 0.25) is 0 Å². The summed E-state index contributed by atoms with van der Waals surface area (Å²) in [7, 11) is -1.74. The van der Waals surface area contributed by atoms with Gasteiger partial charge in [-0.3, -0.25) is 0 Å². The van der Waals surface area contributed by atoms with Gasteiger partial charge in [-0.05, 0) is 23.7 Å². The van der Waals surface area contributed by atoms with Crippen LogP contribution in [0.25, 0.3) is 0 Å². The molecular formula is C13H24O3Si. The molecule has 0 saturated carbocycles. The third-order valence-electron chi connectivity index (χ3n) is 4.22. The Morgan fingerprint density at radius 2 is 1.94 bits per heavy atom. The Hall–Kier alpha value is -0.163. The van der Waals surface area contributed by atoms with Crippen molar-refractivity contribution in [1.29, 1.82) is 0 Å². The van der Waals surface area contributed by atoms with Gasteiger partial charge < -0.3 is 13.9 Å². The lowest BCUT2D eigenvalue weighted by molar-refractivity contribution is 0.0251. The minimum atomic E-state index is -1.74. The van der Waals surface area contributed by atoms with E-state index >= 15 is 0 Å². The van der Waals surface area contributed by atoms with Crippen LogP contribution in [0.15, 0.2) is 12.2 Å². The highest BCUT2D eigenvalue weighted by Crippen LogP contribution is 2.40. The van der Waals surface area contributed by atoms with Crippen LogP contribution in [0.5, 0.6) is 0 Å². The zero-order valence-corrected chi connectivity index (χ0v) is 12.6. The summed E-state index contributed by atoms with van der Waals surface area (Å²) < 4.78 is 17.8. The zero-order chi connectivity index (χ0) is 12.8. The molecule has 3 atom stereocenters. The Morgan fingerprint density at radius 3 is 2.53 bits per heavy atom. The van der Waals surface area contributed by atoms with Gasteiger partial charge in [0.25, 0.3) is 0 Å². The Morgan fingerprint density at radius 1 is 1.29 bits per heavy atom. The highest BCUT2D eigenvalue weighted by Gasteiger charge is 2.48. The van der Waals surface area contributed by atoms with Gasteiger partial charge in [0.15, 0.2) is 8.32 Å². The van der Waals surface area contributed by atoms with Crippen molar-refractivity contribution in [2.45, 2.75) is 57.2 Å². The normalized spacial score (nSPS) is 34.2. The molecule has 0 radical (unpaired) electrons. The SMILES string of the molecule is C=C1CO[C@@H]2[C@@H]1OC[C@H]2O[Si](C)(C)C(C)(C)C. The van der Waals surface area contributed by atoms with Crippen LogP contribution < -0.4 is 0 Å². The van der Waals surface area contributed by atoms with Gasteiger partial charge in [-0.25, -0.2) is 0 Å². The molecule has 2 fully saturated rings. The third kappa shape index (κ3) is 2.36. The summed E-state index contributed by atoms with van der Waals surface area (Å²) in [5.41, 5.74) is 1.05. The summed E-state index contributed by atoms with van der Waals surface area (Å²) in [4.78, 5) is 0. The van der Waals surface area contributed by atoms with E-state index in [2.05, 4.69) is 40.4 Å². The van der Waals surface area contributed by atoms with Crippen LogP contribution in [0.1, 0.15) is 20.8 Å². The molecule has 2 aliphatic heterocycles. The maximum atomic E-state index is 6.37. The fraction of sp³-hybridized carbons (Fsp3) is 0.846. The summed E-state index contributed by atoms with van der Waals surface area (Å²) in [5, 5.41) is 0.223. The van der Waals surface area contributed by atoms with Crippen LogP contribution in [-0.2, 0) is 13.9 Å². The number of hydrogen-bond donors (Lipinski definition) is 0. The highest BCUT2D eigenvalue weighted by molar-refractivity contribution is 6.74. The molecule has 0 aromatic heterocycles. The second kappa shape index (κ2) is 4.19. The van der Waals surface area contributed by atoms with E-state index in [0.717, 1.165) is 5.57 Å². The van der Waals surface area contributed by atoms with Crippen LogP contribution >= 0.6 is 0 Å². The average molecular weight is 256 g/mol. The van der Waals surface area contributed by atoms with E-state index in [1.54, 1.807) is 0 Å². The van der Waals surface area contributed by atoms with Crippen molar-refractivity contribution in [2.24, 2.45) is 0 Å². The molecule has 3 nitrogen and oxygen atoms in total. The minimum Gasteiger partial charge on any atom is -0.409 e. The Bertz CT molecular complexity index is 319. The number of ether oxygens (including phenoxy) is 2. The number of rotatable bonds is 2. The number of hydrogen-bond acceptors (Lipinski definition) is 3. The standard InChI is InChI=1S/C13H24O3Si/c1-9-7-14-12-10(8-15-11(9)12)16-17(5,6)13(2,3)4/h10-12H,1,7-8H2,2-6H3/t10-,11-,12+/m1/s1. The highest BCUT2D eigenvalue weighted by atomic mass is 28.4. The van der Waals surface area contributed by atoms with E-state index in [4.69, 9.17) is 13.9 Å². The quantitative estimate of drug-likeness (QED) is 0.561. The first-order chi connectivity index (χ1) is 7.72. The van der Waals surface area contributed by atoms with Crippen LogP contribution in [-0.4, -0.2) is 39.8 Å². The van der Waals surface area contributed by atoms with Gasteiger partial charge in [0.05, 0.1) is 19.3 Å². The molecule has 98 valence electrons. The monoisotopic (exact) mass is 256 g/mol. The molecule has 0 bridgehead atoms. The average Bonchev–Trinajstić information content (AvgIpc) is 2.70. The lowest BCUT2D eigenvalue weighted by Crippen LogP contribution is -2.47. The molecule has 4 heteroatoms. The van der Waals surface area contributed by atoms with Crippen molar-refractivity contribution in [3.8, 4) is 0 Å². The molecule has 0 aromatic rings. The summed E-state index contributed by atoms with van der Waals surface area (Å²) in [6.45, 7) is 16.5. The van der Waals surface area contributed by atoms with Crippen molar-refractivity contribution in [1.82, 2.24) is 0 Å². The molecule has 2 heterocycles. The van der Waals surface area contributed by atoms with Gasteiger partial charge in [-0.1, -0.05) is 27.4 Å². The molecule has 2 rings (SSSR count). The van der Waals surface area contributed by atoms with E-state index in [-0.39, 0.29) is 23.4 Å². The fourth-order valence-electron chi connectivity index (χ4n) is 2.07. The van der Waals surface area contributed by atoms with Crippen LogP contribution in [0, 0.1) is 0 Å². The second-order valence-electron chi connectivity index (χ2n) is 6.60. The van der Waals surface area contributed by atoms with Gasteiger partial charge in [0.1, 0.15) is 12.2 Å². The smallest absolute Gasteiger partial charge is 0.192 e. The summed E-state index contributed by atoms with van der Waals surface area (Å²) >= 11 is 0. The predicted molar refractivity (Wildman–Crippen MR) is 70.7 cm³/mol. The van der Waals surface area contributed by atoms with Crippen LogP contribution in [0.3, 0.4) is 0 Å². The Balaban J connectivity index is 2.04. The molecule has 0 N–H and O–H groups in total. The molecule has 0 spiro atoms. The molecular weight excluding hydrogens is 232 g/mol. The number of fused-ring (bicyclic) bond motifs is 1. The maximum Gasteiger partial charge on any atom is 0.192 e. The molecule has 2 saturated heterocycles. The summed E-state index contributed by atoms with van der Waals surface area (Å²) in [5.74, 6) is 0. The van der Waals surface area contributed by atoms with E-state index in [1.807, 2.05) is 0 Å². The molecule has 0 aromatic carbocycles. The molecule has 17 heavy (non-hydrogen) atoms. The Kier molecular flexibility index (Phi) is 3.27. The fourth-order valence-corrected chi connectivity index (χ4v) is 3.38. The van der Waals surface area contributed by atoms with E-state index in [9.17, 15) is 0 Å². The van der Waals surface area contributed by atoms with Crippen molar-refractivity contribution < 1.29 is 13.9 Å². The topological polar surface area (TPSA) is 27.7 Å². The first kappa shape index (κ1) is 13.3. The predicted octanol–water partition coefficient (Wildman–Crippen LogP) is 2.73. The first-order valence-electron chi connectivity index (χ1n) is 6.31. The largest absolute Gasteiger partial charge is 0.409 e. The van der Waals surface area contributed by atoms with Crippen molar-refractivity contribution in [2.75, 3.05) is 13.2 Å². The summed E-state index contributed by atoms with van der Waals surface area (Å²) in [6.07, 6.45) is 0.210. The van der Waals surface area contributed by atoms with E-state index in [0.29, 0.717) is 13.2 Å². The Labute approximate surface area is 105 Å². The minimum absolute atomic E-state index is 0.0600. The maximum absolute atomic E-state index is 6.37.